The average molecular weight is 482 g/mol. The van der Waals surface area contributed by atoms with Gasteiger partial charge in [-0.25, -0.2) is 8.42 Å². The van der Waals surface area contributed by atoms with Gasteiger partial charge in [0.05, 0.1) is 21.5 Å². The topological polar surface area (TPSA) is 69.7 Å². The van der Waals surface area contributed by atoms with Crippen LogP contribution >= 0.6 is 11.6 Å². The molecule has 1 saturated carbocycles. The minimum absolute atomic E-state index is 0.0734. The molecule has 1 saturated heterocycles. The number of benzene rings is 1. The lowest BCUT2D eigenvalue weighted by Crippen LogP contribution is -2.55. The molecule has 174 valence electrons. The van der Waals surface area contributed by atoms with E-state index in [0.29, 0.717) is 19.2 Å². The summed E-state index contributed by atoms with van der Waals surface area (Å²) < 4.78 is 66.2. The lowest BCUT2D eigenvalue weighted by molar-refractivity contribution is -0.137. The Hall–Kier alpha value is -1.36. The van der Waals surface area contributed by atoms with E-state index in [1.54, 1.807) is 6.92 Å². The molecule has 1 aliphatic heterocycles. The third-order valence-corrected chi connectivity index (χ3v) is 8.26. The van der Waals surface area contributed by atoms with Gasteiger partial charge in [-0.3, -0.25) is 9.69 Å². The highest BCUT2D eigenvalue weighted by Gasteiger charge is 2.37. The summed E-state index contributed by atoms with van der Waals surface area (Å²) in [5.74, 6) is -0.0734. The molecule has 1 aromatic carbocycles. The SMILES string of the molecule is CC(C(=O)NC1CCCCC1)N1CCN(S(=O)(=O)c2ccc(Cl)c(C(F)(F)F)c2)CC1. The molecular formula is C20H27ClF3N3O3S. The fourth-order valence-corrected chi connectivity index (χ4v) is 5.77. The Morgan fingerprint density at radius 1 is 1.13 bits per heavy atom. The van der Waals surface area contributed by atoms with Crippen molar-refractivity contribution >= 4 is 27.5 Å². The highest BCUT2D eigenvalue weighted by Crippen LogP contribution is 2.36. The quantitative estimate of drug-likeness (QED) is 0.699. The Labute approximate surface area is 185 Å². The summed E-state index contributed by atoms with van der Waals surface area (Å²) in [4.78, 5) is 14.0. The maximum Gasteiger partial charge on any atom is 0.417 e. The van der Waals surface area contributed by atoms with Crippen molar-refractivity contribution < 1.29 is 26.4 Å². The van der Waals surface area contributed by atoms with E-state index in [4.69, 9.17) is 11.6 Å². The number of rotatable bonds is 5. The molecular weight excluding hydrogens is 455 g/mol. The van der Waals surface area contributed by atoms with Gasteiger partial charge in [0, 0.05) is 32.2 Å². The smallest absolute Gasteiger partial charge is 0.352 e. The van der Waals surface area contributed by atoms with Crippen LogP contribution in [0, 0.1) is 0 Å². The minimum Gasteiger partial charge on any atom is -0.352 e. The van der Waals surface area contributed by atoms with Crippen molar-refractivity contribution in [1.82, 2.24) is 14.5 Å². The molecule has 1 heterocycles. The van der Waals surface area contributed by atoms with Crippen molar-refractivity contribution in [2.75, 3.05) is 26.2 Å². The monoisotopic (exact) mass is 481 g/mol. The highest BCUT2D eigenvalue weighted by atomic mass is 35.5. The van der Waals surface area contributed by atoms with Crippen molar-refractivity contribution in [2.45, 2.75) is 62.2 Å². The lowest BCUT2D eigenvalue weighted by Gasteiger charge is -2.37. The van der Waals surface area contributed by atoms with Gasteiger partial charge in [-0.05, 0) is 38.0 Å². The second-order valence-electron chi connectivity index (χ2n) is 8.10. The number of hydrogen-bond acceptors (Lipinski definition) is 4. The van der Waals surface area contributed by atoms with Gasteiger partial charge in [0.1, 0.15) is 0 Å². The standard InChI is InChI=1S/C20H27ClF3N3O3S/c1-14(19(28)25-15-5-3-2-4-6-15)26-9-11-27(12-10-26)31(29,30)16-7-8-18(21)17(13-16)20(22,23)24/h7-8,13-15H,2-6,9-12H2,1H3,(H,25,28). The van der Waals surface area contributed by atoms with E-state index in [9.17, 15) is 26.4 Å². The van der Waals surface area contributed by atoms with Crippen LogP contribution in [0.5, 0.6) is 0 Å². The summed E-state index contributed by atoms with van der Waals surface area (Å²) in [6, 6.07) is 2.40. The van der Waals surface area contributed by atoms with Crippen LogP contribution < -0.4 is 5.32 Å². The number of nitrogens with one attached hydrogen (secondary N) is 1. The first-order chi connectivity index (χ1) is 14.5. The van der Waals surface area contributed by atoms with Crippen molar-refractivity contribution in [2.24, 2.45) is 0 Å². The Kier molecular flexibility index (Phi) is 7.55. The summed E-state index contributed by atoms with van der Waals surface area (Å²) >= 11 is 5.60. The summed E-state index contributed by atoms with van der Waals surface area (Å²) in [5.41, 5.74) is -1.18. The summed E-state index contributed by atoms with van der Waals surface area (Å²) in [5, 5.41) is 2.53. The average Bonchev–Trinajstić information content (AvgIpc) is 2.73. The van der Waals surface area contributed by atoms with Gasteiger partial charge in [0.2, 0.25) is 15.9 Å². The van der Waals surface area contributed by atoms with Crippen molar-refractivity contribution in [3.63, 3.8) is 0 Å². The van der Waals surface area contributed by atoms with E-state index in [-0.39, 0.29) is 25.0 Å². The Bertz CT molecular complexity index is 897. The van der Waals surface area contributed by atoms with Gasteiger partial charge in [-0.1, -0.05) is 30.9 Å². The zero-order valence-electron chi connectivity index (χ0n) is 17.3. The molecule has 6 nitrogen and oxygen atoms in total. The van der Waals surface area contributed by atoms with Gasteiger partial charge < -0.3 is 5.32 Å². The number of piperazine rings is 1. The van der Waals surface area contributed by atoms with Gasteiger partial charge in [0.25, 0.3) is 0 Å². The second-order valence-corrected chi connectivity index (χ2v) is 10.4. The number of alkyl halides is 3. The molecule has 1 aromatic rings. The molecule has 1 N–H and O–H groups in total. The molecule has 1 amide bonds. The maximum absolute atomic E-state index is 13.1. The largest absolute Gasteiger partial charge is 0.417 e. The van der Waals surface area contributed by atoms with E-state index in [0.717, 1.165) is 42.1 Å². The number of hydrogen-bond donors (Lipinski definition) is 1. The molecule has 3 rings (SSSR count). The molecule has 2 fully saturated rings. The van der Waals surface area contributed by atoms with E-state index < -0.39 is 37.7 Å². The number of amides is 1. The number of carbonyl (C=O) groups excluding carboxylic acids is 1. The predicted molar refractivity (Wildman–Crippen MR) is 111 cm³/mol. The fraction of sp³-hybridized carbons (Fsp3) is 0.650. The molecule has 1 unspecified atom stereocenters. The number of nitrogens with zero attached hydrogens (tertiary/aromatic N) is 2. The number of sulfonamides is 1. The fourth-order valence-electron chi connectivity index (χ4n) is 4.10. The van der Waals surface area contributed by atoms with Crippen LogP contribution in [-0.4, -0.2) is 61.8 Å². The maximum atomic E-state index is 13.1. The van der Waals surface area contributed by atoms with Crippen LogP contribution in [0.25, 0.3) is 0 Å². The van der Waals surface area contributed by atoms with Gasteiger partial charge in [-0.15, -0.1) is 0 Å². The van der Waals surface area contributed by atoms with E-state index in [1.165, 1.54) is 6.42 Å². The Morgan fingerprint density at radius 2 is 1.74 bits per heavy atom. The van der Waals surface area contributed by atoms with Crippen LogP contribution in [0.15, 0.2) is 23.1 Å². The molecule has 1 atom stereocenters. The number of halogens is 4. The van der Waals surface area contributed by atoms with Crippen LogP contribution in [0.2, 0.25) is 5.02 Å². The summed E-state index contributed by atoms with van der Waals surface area (Å²) in [6.07, 6.45) is 0.614. The van der Waals surface area contributed by atoms with Crippen LogP contribution in [0.4, 0.5) is 13.2 Å². The second kappa shape index (κ2) is 9.64. The van der Waals surface area contributed by atoms with Crippen molar-refractivity contribution in [3.8, 4) is 0 Å². The molecule has 0 spiro atoms. The van der Waals surface area contributed by atoms with E-state index in [2.05, 4.69) is 5.32 Å². The molecule has 0 bridgehead atoms. The summed E-state index contributed by atoms with van der Waals surface area (Å²) in [6.45, 7) is 2.61. The van der Waals surface area contributed by atoms with E-state index >= 15 is 0 Å². The molecule has 0 aromatic heterocycles. The van der Waals surface area contributed by atoms with Crippen LogP contribution in [0.3, 0.4) is 0 Å². The summed E-state index contributed by atoms with van der Waals surface area (Å²) in [7, 11) is -4.11. The minimum atomic E-state index is -4.75. The van der Waals surface area contributed by atoms with Crippen LogP contribution in [0.1, 0.15) is 44.6 Å². The lowest BCUT2D eigenvalue weighted by atomic mass is 9.95. The van der Waals surface area contributed by atoms with Crippen molar-refractivity contribution in [1.29, 1.82) is 0 Å². The Morgan fingerprint density at radius 3 is 2.32 bits per heavy atom. The zero-order chi connectivity index (χ0) is 22.8. The molecule has 11 heteroatoms. The third kappa shape index (κ3) is 5.71. The first kappa shape index (κ1) is 24.3. The molecule has 0 radical (unpaired) electrons. The van der Waals surface area contributed by atoms with Gasteiger partial charge in [0.15, 0.2) is 0 Å². The highest BCUT2D eigenvalue weighted by molar-refractivity contribution is 7.89. The number of carbonyl (C=O) groups is 1. The molecule has 31 heavy (non-hydrogen) atoms. The predicted octanol–water partition coefficient (Wildman–Crippen LogP) is 3.50. The zero-order valence-corrected chi connectivity index (χ0v) is 18.9. The van der Waals surface area contributed by atoms with E-state index in [1.807, 2.05) is 4.90 Å². The normalized spacial score (nSPS) is 21.1. The van der Waals surface area contributed by atoms with Gasteiger partial charge >= 0.3 is 6.18 Å². The van der Waals surface area contributed by atoms with Gasteiger partial charge in [-0.2, -0.15) is 17.5 Å². The third-order valence-electron chi connectivity index (χ3n) is 6.03. The van der Waals surface area contributed by atoms with Crippen LogP contribution in [-0.2, 0) is 21.0 Å². The first-order valence-corrected chi connectivity index (χ1v) is 12.2. The Balaban J connectivity index is 1.62. The molecule has 1 aliphatic carbocycles. The molecule has 2 aliphatic rings. The first-order valence-electron chi connectivity index (χ1n) is 10.4. The van der Waals surface area contributed by atoms with Crippen molar-refractivity contribution in [3.05, 3.63) is 28.8 Å².